The molecule has 0 radical (unpaired) electrons. The third-order valence-electron chi connectivity index (χ3n) is 2.91. The van der Waals surface area contributed by atoms with E-state index in [1.807, 2.05) is 0 Å². The maximum atomic E-state index is 9.18. The van der Waals surface area contributed by atoms with E-state index < -0.39 is 6.29 Å². The summed E-state index contributed by atoms with van der Waals surface area (Å²) >= 11 is 5.78. The van der Waals surface area contributed by atoms with E-state index >= 15 is 0 Å². The van der Waals surface area contributed by atoms with Crippen LogP contribution in [0.3, 0.4) is 0 Å². The van der Waals surface area contributed by atoms with Crippen LogP contribution < -0.4 is 0 Å². The van der Waals surface area contributed by atoms with Crippen LogP contribution in [0, 0.1) is 11.8 Å². The first-order valence-corrected chi connectivity index (χ1v) is 4.74. The lowest BCUT2D eigenvalue weighted by Gasteiger charge is -2.12. The van der Waals surface area contributed by atoms with Crippen molar-refractivity contribution in [1.82, 2.24) is 0 Å². The number of alkyl halides is 1. The van der Waals surface area contributed by atoms with Crippen molar-refractivity contribution in [3.05, 3.63) is 0 Å². The van der Waals surface area contributed by atoms with E-state index in [-0.39, 0.29) is 0 Å². The Labute approximate surface area is 71.5 Å². The van der Waals surface area contributed by atoms with Gasteiger partial charge in [0.05, 0.1) is 6.10 Å². The molecule has 1 saturated carbocycles. The Kier molecular flexibility index (Phi) is 2.08. The highest BCUT2D eigenvalue weighted by Crippen LogP contribution is 2.42. The minimum absolute atomic E-state index is 0.300. The van der Waals surface area contributed by atoms with Gasteiger partial charge in [-0.2, -0.15) is 0 Å². The number of rotatable bonds is 1. The quantitative estimate of drug-likeness (QED) is 0.612. The number of fused-ring (bicyclic) bond motifs is 1. The highest BCUT2D eigenvalue weighted by Gasteiger charge is 2.43. The first-order valence-electron chi connectivity index (χ1n) is 4.20. The topological polar surface area (TPSA) is 29.5 Å². The zero-order valence-corrected chi connectivity index (χ0v) is 7.13. The van der Waals surface area contributed by atoms with Gasteiger partial charge in [-0.25, -0.2) is 0 Å². The molecular weight excluding hydrogens is 164 g/mol. The van der Waals surface area contributed by atoms with Gasteiger partial charge in [-0.1, -0.05) is 0 Å². The summed E-state index contributed by atoms with van der Waals surface area (Å²) in [6.45, 7) is 0. The summed E-state index contributed by atoms with van der Waals surface area (Å²) < 4.78 is 5.31. The normalized spacial score (nSPS) is 49.6. The van der Waals surface area contributed by atoms with Crippen molar-refractivity contribution >= 4 is 11.6 Å². The largest absolute Gasteiger partial charge is 0.368 e. The molecule has 3 heteroatoms. The van der Waals surface area contributed by atoms with Gasteiger partial charge < -0.3 is 9.84 Å². The molecular formula is C8H13ClO2. The number of ether oxygens (including phenoxy) is 1. The minimum atomic E-state index is -0.518. The predicted octanol–water partition coefficient (Wildman–Crippen LogP) is 1.36. The van der Waals surface area contributed by atoms with E-state index in [0.717, 1.165) is 18.7 Å². The van der Waals surface area contributed by atoms with Gasteiger partial charge in [0.1, 0.15) is 0 Å². The second kappa shape index (κ2) is 2.92. The molecule has 2 nitrogen and oxygen atoms in total. The van der Waals surface area contributed by atoms with Crippen molar-refractivity contribution in [3.63, 3.8) is 0 Å². The summed E-state index contributed by atoms with van der Waals surface area (Å²) in [6, 6.07) is 0. The van der Waals surface area contributed by atoms with E-state index in [2.05, 4.69) is 0 Å². The van der Waals surface area contributed by atoms with E-state index in [0.29, 0.717) is 17.9 Å². The Balaban J connectivity index is 2.01. The number of halogens is 1. The zero-order valence-electron chi connectivity index (χ0n) is 6.37. The van der Waals surface area contributed by atoms with Gasteiger partial charge in [0, 0.05) is 12.3 Å². The molecule has 11 heavy (non-hydrogen) atoms. The average molecular weight is 177 g/mol. The molecule has 0 amide bonds. The maximum Gasteiger partial charge on any atom is 0.155 e. The Morgan fingerprint density at radius 1 is 1.45 bits per heavy atom. The van der Waals surface area contributed by atoms with Crippen molar-refractivity contribution in [2.24, 2.45) is 11.8 Å². The van der Waals surface area contributed by atoms with Crippen LogP contribution in [0.15, 0.2) is 0 Å². The zero-order chi connectivity index (χ0) is 7.84. The second-order valence-corrected chi connectivity index (χ2v) is 3.83. The van der Waals surface area contributed by atoms with Crippen LogP contribution in [0.5, 0.6) is 0 Å². The molecule has 1 saturated heterocycles. The Morgan fingerprint density at radius 3 is 3.00 bits per heavy atom. The predicted molar refractivity (Wildman–Crippen MR) is 42.4 cm³/mol. The van der Waals surface area contributed by atoms with Gasteiger partial charge in [-0.3, -0.25) is 0 Å². The fourth-order valence-corrected chi connectivity index (χ4v) is 2.69. The SMILES string of the molecule is OC1CC2C(CCl)CCC2O1. The molecule has 2 fully saturated rings. The van der Waals surface area contributed by atoms with E-state index in [1.54, 1.807) is 0 Å². The molecule has 1 heterocycles. The van der Waals surface area contributed by atoms with Gasteiger partial charge in [0.15, 0.2) is 6.29 Å². The number of aliphatic hydroxyl groups is 1. The lowest BCUT2D eigenvalue weighted by Crippen LogP contribution is -2.14. The summed E-state index contributed by atoms with van der Waals surface area (Å²) in [5.41, 5.74) is 0. The third kappa shape index (κ3) is 1.28. The van der Waals surface area contributed by atoms with E-state index in [4.69, 9.17) is 16.3 Å². The molecule has 0 aromatic carbocycles. The smallest absolute Gasteiger partial charge is 0.155 e. The number of aliphatic hydroxyl groups excluding tert-OH is 1. The molecule has 0 bridgehead atoms. The first kappa shape index (κ1) is 7.84. The molecule has 2 rings (SSSR count). The van der Waals surface area contributed by atoms with Crippen molar-refractivity contribution < 1.29 is 9.84 Å². The Morgan fingerprint density at radius 2 is 2.27 bits per heavy atom. The van der Waals surface area contributed by atoms with Crippen LogP contribution in [-0.2, 0) is 4.74 Å². The van der Waals surface area contributed by atoms with Gasteiger partial charge >= 0.3 is 0 Å². The summed E-state index contributed by atoms with van der Waals surface area (Å²) in [7, 11) is 0. The molecule has 0 aromatic rings. The van der Waals surface area contributed by atoms with Crippen LogP contribution in [0.25, 0.3) is 0 Å². The lowest BCUT2D eigenvalue weighted by atomic mass is 9.95. The summed E-state index contributed by atoms with van der Waals surface area (Å²) in [4.78, 5) is 0. The third-order valence-corrected chi connectivity index (χ3v) is 3.31. The highest BCUT2D eigenvalue weighted by molar-refractivity contribution is 6.18. The fourth-order valence-electron chi connectivity index (χ4n) is 2.30. The number of hydrogen-bond acceptors (Lipinski definition) is 2. The molecule has 1 aliphatic heterocycles. The summed E-state index contributed by atoms with van der Waals surface area (Å²) in [6.07, 6.45) is 2.83. The van der Waals surface area contributed by atoms with Crippen LogP contribution in [0.1, 0.15) is 19.3 Å². The van der Waals surface area contributed by atoms with Crippen LogP contribution >= 0.6 is 11.6 Å². The van der Waals surface area contributed by atoms with Crippen molar-refractivity contribution in [2.75, 3.05) is 5.88 Å². The monoisotopic (exact) mass is 176 g/mol. The van der Waals surface area contributed by atoms with Crippen LogP contribution in [0.4, 0.5) is 0 Å². The average Bonchev–Trinajstić information content (AvgIpc) is 2.45. The summed E-state index contributed by atoms with van der Waals surface area (Å²) in [5, 5.41) is 9.18. The maximum absolute atomic E-state index is 9.18. The Bertz CT molecular complexity index is 149. The molecule has 2 aliphatic rings. The minimum Gasteiger partial charge on any atom is -0.368 e. The van der Waals surface area contributed by atoms with E-state index in [1.165, 1.54) is 6.42 Å². The number of hydrogen-bond donors (Lipinski definition) is 1. The van der Waals surface area contributed by atoms with Crippen LogP contribution in [0.2, 0.25) is 0 Å². The molecule has 0 aromatic heterocycles. The van der Waals surface area contributed by atoms with Crippen LogP contribution in [-0.4, -0.2) is 23.4 Å². The van der Waals surface area contributed by atoms with Gasteiger partial charge in [-0.15, -0.1) is 11.6 Å². The Hall–Kier alpha value is 0.210. The highest BCUT2D eigenvalue weighted by atomic mass is 35.5. The van der Waals surface area contributed by atoms with Crippen molar-refractivity contribution in [3.8, 4) is 0 Å². The molecule has 4 unspecified atom stereocenters. The molecule has 64 valence electrons. The molecule has 4 atom stereocenters. The molecule has 0 spiro atoms. The fraction of sp³-hybridized carbons (Fsp3) is 1.00. The standard InChI is InChI=1S/C8H13ClO2/c9-4-5-1-2-7-6(5)3-8(10)11-7/h5-8,10H,1-4H2. The van der Waals surface area contributed by atoms with E-state index in [9.17, 15) is 5.11 Å². The van der Waals surface area contributed by atoms with Crippen molar-refractivity contribution in [1.29, 1.82) is 0 Å². The second-order valence-electron chi connectivity index (χ2n) is 3.52. The van der Waals surface area contributed by atoms with Gasteiger partial charge in [0.2, 0.25) is 0 Å². The van der Waals surface area contributed by atoms with Crippen molar-refractivity contribution in [2.45, 2.75) is 31.7 Å². The lowest BCUT2D eigenvalue weighted by molar-refractivity contribution is -0.0906. The summed E-state index contributed by atoms with van der Waals surface area (Å²) in [5.74, 6) is 1.83. The van der Waals surface area contributed by atoms with Gasteiger partial charge in [0.25, 0.3) is 0 Å². The first-order chi connectivity index (χ1) is 5.31. The molecule has 1 aliphatic carbocycles. The molecule has 1 N–H and O–H groups in total. The van der Waals surface area contributed by atoms with Gasteiger partial charge in [-0.05, 0) is 24.7 Å².